The summed E-state index contributed by atoms with van der Waals surface area (Å²) in [7, 11) is 0. The summed E-state index contributed by atoms with van der Waals surface area (Å²) in [6.45, 7) is 14.4. The number of rotatable bonds is 13. The van der Waals surface area contributed by atoms with Gasteiger partial charge in [0.2, 0.25) is 0 Å². The van der Waals surface area contributed by atoms with Crippen LogP contribution >= 0.6 is 11.3 Å². The maximum absolute atomic E-state index is 11.6. The fourth-order valence-corrected chi connectivity index (χ4v) is 5.96. The molecule has 5 nitrogen and oxygen atoms in total. The zero-order chi connectivity index (χ0) is 28.7. The van der Waals surface area contributed by atoms with Crippen LogP contribution in [0.3, 0.4) is 0 Å². The first-order valence-corrected chi connectivity index (χ1v) is 15.2. The van der Waals surface area contributed by atoms with Crippen LogP contribution in [-0.2, 0) is 19.4 Å². The maximum atomic E-state index is 11.6. The highest BCUT2D eigenvalue weighted by Crippen LogP contribution is 2.40. The molecule has 0 aliphatic heterocycles. The van der Waals surface area contributed by atoms with E-state index < -0.39 is 6.10 Å². The number of thiazole rings is 1. The average molecular weight is 561 g/mol. The van der Waals surface area contributed by atoms with Crippen molar-refractivity contribution in [2.24, 2.45) is 0 Å². The molecule has 1 heterocycles. The van der Waals surface area contributed by atoms with Crippen molar-refractivity contribution in [3.63, 3.8) is 0 Å². The molecular formula is C34H44N2O3S. The van der Waals surface area contributed by atoms with Gasteiger partial charge in [0, 0.05) is 25.2 Å². The Morgan fingerprint density at radius 1 is 0.925 bits per heavy atom. The van der Waals surface area contributed by atoms with Crippen LogP contribution in [0.15, 0.2) is 66.7 Å². The van der Waals surface area contributed by atoms with Gasteiger partial charge in [-0.15, -0.1) is 0 Å². The van der Waals surface area contributed by atoms with Gasteiger partial charge in [-0.3, -0.25) is 4.90 Å². The van der Waals surface area contributed by atoms with Gasteiger partial charge in [0.15, 0.2) is 0 Å². The summed E-state index contributed by atoms with van der Waals surface area (Å²) < 4.78 is 13.1. The Morgan fingerprint density at radius 3 is 2.30 bits per heavy atom. The number of aliphatic hydroxyl groups is 1. The Hall–Kier alpha value is -2.93. The van der Waals surface area contributed by atoms with Gasteiger partial charge in [-0.1, -0.05) is 85.3 Å². The highest BCUT2D eigenvalue weighted by atomic mass is 32.1. The predicted molar refractivity (Wildman–Crippen MR) is 167 cm³/mol. The summed E-state index contributed by atoms with van der Waals surface area (Å²) in [6, 6.07) is 23.3. The minimum absolute atomic E-state index is 0.0121. The van der Waals surface area contributed by atoms with Gasteiger partial charge in [-0.2, -0.15) is 4.98 Å². The Labute approximate surface area is 243 Å². The summed E-state index contributed by atoms with van der Waals surface area (Å²) in [4.78, 5) is 7.12. The zero-order valence-corrected chi connectivity index (χ0v) is 25.6. The van der Waals surface area contributed by atoms with Crippen LogP contribution in [0.5, 0.6) is 10.9 Å². The second-order valence-electron chi connectivity index (χ2n) is 11.7. The van der Waals surface area contributed by atoms with E-state index in [1.54, 1.807) is 0 Å². The summed E-state index contributed by atoms with van der Waals surface area (Å²) in [5.41, 5.74) is 5.20. The number of ether oxygens (including phenoxy) is 2. The van der Waals surface area contributed by atoms with Crippen molar-refractivity contribution in [1.29, 1.82) is 0 Å². The first-order valence-electron chi connectivity index (χ1n) is 14.4. The molecule has 1 atom stereocenters. The third-order valence-electron chi connectivity index (χ3n) is 6.56. The van der Waals surface area contributed by atoms with E-state index in [1.165, 1.54) is 28.0 Å². The van der Waals surface area contributed by atoms with Gasteiger partial charge < -0.3 is 14.6 Å². The number of hydrogen-bond acceptors (Lipinski definition) is 6. The molecule has 1 aromatic heterocycles. The van der Waals surface area contributed by atoms with Gasteiger partial charge >= 0.3 is 0 Å². The molecule has 214 valence electrons. The van der Waals surface area contributed by atoms with Crippen molar-refractivity contribution in [1.82, 2.24) is 9.88 Å². The van der Waals surface area contributed by atoms with Gasteiger partial charge in [0.25, 0.3) is 5.19 Å². The lowest BCUT2D eigenvalue weighted by Gasteiger charge is -2.26. The highest BCUT2D eigenvalue weighted by molar-refractivity contribution is 7.20. The summed E-state index contributed by atoms with van der Waals surface area (Å²) in [5.74, 6) is 0.710. The number of aryl methyl sites for hydroxylation is 1. The lowest BCUT2D eigenvalue weighted by molar-refractivity contribution is 0.110. The molecule has 4 aromatic rings. The second-order valence-corrected chi connectivity index (χ2v) is 12.7. The van der Waals surface area contributed by atoms with Crippen LogP contribution in [0.2, 0.25) is 0 Å². The van der Waals surface area contributed by atoms with Gasteiger partial charge in [0.1, 0.15) is 16.9 Å². The number of hydrogen-bond donors (Lipinski definition) is 1. The van der Waals surface area contributed by atoms with E-state index in [9.17, 15) is 5.11 Å². The van der Waals surface area contributed by atoms with E-state index in [2.05, 4.69) is 60.4 Å². The van der Waals surface area contributed by atoms with Crippen molar-refractivity contribution in [2.45, 2.75) is 85.2 Å². The molecule has 3 aromatic carbocycles. The fraction of sp³-hybridized carbons (Fsp3) is 0.441. The first-order chi connectivity index (χ1) is 19.1. The summed E-state index contributed by atoms with van der Waals surface area (Å²) >= 11 is 1.48. The molecule has 0 saturated heterocycles. The molecule has 40 heavy (non-hydrogen) atoms. The minimum Gasteiger partial charge on any atom is -0.486 e. The SMILES string of the molecule is CCCc1cccc(CCN(Cc2ccccc2)C[C@H](O)c2ccc(OC(C)(C)C)c3nc(OC(C)C)sc23)c1. The predicted octanol–water partition coefficient (Wildman–Crippen LogP) is 7.99. The topological polar surface area (TPSA) is 54.8 Å². The van der Waals surface area contributed by atoms with Crippen LogP contribution in [0, 0.1) is 0 Å². The molecule has 0 saturated carbocycles. The Kier molecular flexibility index (Phi) is 10.2. The van der Waals surface area contributed by atoms with Gasteiger partial charge in [-0.25, -0.2) is 0 Å². The van der Waals surface area contributed by atoms with E-state index in [1.807, 2.05) is 52.8 Å². The van der Waals surface area contributed by atoms with Gasteiger partial charge in [0.05, 0.1) is 16.9 Å². The molecular weight excluding hydrogens is 516 g/mol. The number of aromatic nitrogens is 1. The fourth-order valence-electron chi connectivity index (χ4n) is 4.85. The Balaban J connectivity index is 1.60. The lowest BCUT2D eigenvalue weighted by atomic mass is 10.0. The summed E-state index contributed by atoms with van der Waals surface area (Å²) in [5, 5.41) is 12.2. The van der Waals surface area contributed by atoms with E-state index in [0.717, 1.165) is 48.1 Å². The molecule has 0 aliphatic rings. The zero-order valence-electron chi connectivity index (χ0n) is 24.8. The molecule has 4 rings (SSSR count). The van der Waals surface area contributed by atoms with E-state index in [4.69, 9.17) is 14.5 Å². The molecule has 0 radical (unpaired) electrons. The van der Waals surface area contributed by atoms with E-state index in [-0.39, 0.29) is 11.7 Å². The quantitative estimate of drug-likeness (QED) is 0.180. The van der Waals surface area contributed by atoms with Crippen molar-refractivity contribution in [3.05, 3.63) is 89.0 Å². The molecule has 0 fully saturated rings. The number of fused-ring (bicyclic) bond motifs is 1. The largest absolute Gasteiger partial charge is 0.486 e. The van der Waals surface area contributed by atoms with Crippen molar-refractivity contribution < 1.29 is 14.6 Å². The van der Waals surface area contributed by atoms with Crippen LogP contribution in [-0.4, -0.2) is 39.8 Å². The second kappa shape index (κ2) is 13.6. The molecule has 0 bridgehead atoms. The Bertz CT molecular complexity index is 1360. The van der Waals surface area contributed by atoms with E-state index >= 15 is 0 Å². The third kappa shape index (κ3) is 8.53. The van der Waals surface area contributed by atoms with Crippen LogP contribution in [0.25, 0.3) is 10.2 Å². The van der Waals surface area contributed by atoms with Crippen molar-refractivity contribution in [3.8, 4) is 10.9 Å². The number of benzene rings is 3. The summed E-state index contributed by atoms with van der Waals surface area (Å²) in [6.07, 6.45) is 2.50. The van der Waals surface area contributed by atoms with Crippen molar-refractivity contribution >= 4 is 21.6 Å². The number of nitrogens with zero attached hydrogens (tertiary/aromatic N) is 2. The molecule has 0 aliphatic carbocycles. The third-order valence-corrected chi connectivity index (χ3v) is 7.55. The van der Waals surface area contributed by atoms with Crippen LogP contribution in [0.4, 0.5) is 0 Å². The normalized spacial score (nSPS) is 12.8. The molecule has 0 spiro atoms. The monoisotopic (exact) mass is 560 g/mol. The smallest absolute Gasteiger partial charge is 0.274 e. The maximum Gasteiger partial charge on any atom is 0.274 e. The van der Waals surface area contributed by atoms with Crippen LogP contribution < -0.4 is 9.47 Å². The Morgan fingerprint density at radius 2 is 1.62 bits per heavy atom. The molecule has 0 amide bonds. The molecule has 6 heteroatoms. The molecule has 0 unspecified atom stereocenters. The number of aliphatic hydroxyl groups excluding tert-OH is 1. The van der Waals surface area contributed by atoms with Crippen molar-refractivity contribution in [2.75, 3.05) is 13.1 Å². The van der Waals surface area contributed by atoms with Crippen LogP contribution in [0.1, 0.15) is 76.3 Å². The van der Waals surface area contributed by atoms with E-state index in [0.29, 0.717) is 17.5 Å². The van der Waals surface area contributed by atoms with Gasteiger partial charge in [-0.05, 0) is 70.2 Å². The molecule has 1 N–H and O–H groups in total. The average Bonchev–Trinajstić information content (AvgIpc) is 3.31. The first kappa shape index (κ1) is 30.0. The standard InChI is InChI=1S/C34H44N2O3S/c1-7-12-25-15-11-16-26(21-25)19-20-36(22-27-13-9-8-10-14-27)23-29(37)28-17-18-30(39-34(4,5)6)31-32(28)40-33(35-31)38-24(2)3/h8-11,13-18,21,24,29,37H,7,12,19-20,22-23H2,1-6H3/t29-/m0/s1. The highest BCUT2D eigenvalue weighted by Gasteiger charge is 2.23. The lowest BCUT2D eigenvalue weighted by Crippen LogP contribution is -2.30. The minimum atomic E-state index is -0.686.